The number of aromatic nitrogens is 3. The van der Waals surface area contributed by atoms with Crippen molar-refractivity contribution >= 4 is 5.91 Å². The average Bonchev–Trinajstić information content (AvgIpc) is 3.46. The van der Waals surface area contributed by atoms with E-state index in [0.717, 1.165) is 42.5 Å². The van der Waals surface area contributed by atoms with Gasteiger partial charge in [-0.15, -0.1) is 0 Å². The Kier molecular flexibility index (Phi) is 5.48. The zero-order valence-electron chi connectivity index (χ0n) is 17.7. The van der Waals surface area contributed by atoms with Crippen LogP contribution in [-0.4, -0.2) is 47.2 Å². The second-order valence-electron chi connectivity index (χ2n) is 8.06. The number of methoxy groups -OCH3 is 1. The van der Waals surface area contributed by atoms with Gasteiger partial charge in [0.15, 0.2) is 0 Å². The second-order valence-corrected chi connectivity index (χ2v) is 8.06. The highest BCUT2D eigenvalue weighted by Crippen LogP contribution is 2.26. The molecule has 2 unspecified atom stereocenters. The van der Waals surface area contributed by atoms with Crippen LogP contribution in [0.3, 0.4) is 0 Å². The lowest BCUT2D eigenvalue weighted by Crippen LogP contribution is -2.44. The fraction of sp³-hybridized carbons (Fsp3) is 0.391. The molecule has 0 saturated carbocycles. The van der Waals surface area contributed by atoms with E-state index in [2.05, 4.69) is 15.6 Å². The van der Waals surface area contributed by atoms with E-state index < -0.39 is 12.1 Å². The minimum absolute atomic E-state index is 0.260. The number of benzene rings is 1. The van der Waals surface area contributed by atoms with Gasteiger partial charge in [-0.1, -0.05) is 17.3 Å². The zero-order valence-corrected chi connectivity index (χ0v) is 17.7. The molecule has 32 heavy (non-hydrogen) atoms. The summed E-state index contributed by atoms with van der Waals surface area (Å²) in [6.45, 7) is 0.554. The normalized spacial score (nSPS) is 20.0. The van der Waals surface area contributed by atoms with Crippen molar-refractivity contribution in [3.05, 3.63) is 63.8 Å². The fourth-order valence-electron chi connectivity index (χ4n) is 4.32. The van der Waals surface area contributed by atoms with E-state index in [9.17, 15) is 9.59 Å². The number of rotatable bonds is 5. The molecule has 1 aromatic carbocycles. The number of amides is 1. The van der Waals surface area contributed by atoms with Gasteiger partial charge in [-0.05, 0) is 43.9 Å². The Hall–Kier alpha value is -3.46. The van der Waals surface area contributed by atoms with E-state index in [-0.39, 0.29) is 30.4 Å². The number of carbonyl (C=O) groups is 1. The summed E-state index contributed by atoms with van der Waals surface area (Å²) in [5.41, 5.74) is 2.95. The molecule has 0 bridgehead atoms. The molecule has 1 N–H and O–H groups in total. The van der Waals surface area contributed by atoms with Crippen LogP contribution in [0.4, 0.5) is 0 Å². The summed E-state index contributed by atoms with van der Waals surface area (Å²) < 4.78 is 17.6. The van der Waals surface area contributed by atoms with Crippen LogP contribution in [0.25, 0.3) is 11.3 Å². The monoisotopic (exact) mass is 436 g/mol. The summed E-state index contributed by atoms with van der Waals surface area (Å²) in [5.74, 6) is 0.626. The van der Waals surface area contributed by atoms with Crippen LogP contribution in [0, 0.1) is 0 Å². The Morgan fingerprint density at radius 1 is 1.19 bits per heavy atom. The van der Waals surface area contributed by atoms with Crippen molar-refractivity contribution in [2.75, 3.05) is 20.3 Å². The van der Waals surface area contributed by atoms with Crippen LogP contribution < -0.4 is 15.6 Å². The summed E-state index contributed by atoms with van der Waals surface area (Å²) >= 11 is 0. The highest BCUT2D eigenvalue weighted by molar-refractivity contribution is 5.93. The van der Waals surface area contributed by atoms with Crippen LogP contribution >= 0.6 is 0 Å². The molecule has 3 heterocycles. The third kappa shape index (κ3) is 3.80. The predicted octanol–water partition coefficient (Wildman–Crippen LogP) is 2.16. The second kappa shape index (κ2) is 8.58. The van der Waals surface area contributed by atoms with Gasteiger partial charge < -0.3 is 19.3 Å². The molecule has 1 aliphatic carbocycles. The van der Waals surface area contributed by atoms with Crippen LogP contribution in [0.2, 0.25) is 0 Å². The summed E-state index contributed by atoms with van der Waals surface area (Å²) in [7, 11) is 1.60. The number of hydrogen-bond acceptors (Lipinski definition) is 7. The Bertz CT molecular complexity index is 1200. The number of ether oxygens (including phenoxy) is 2. The van der Waals surface area contributed by atoms with Crippen molar-refractivity contribution in [2.45, 2.75) is 37.8 Å². The summed E-state index contributed by atoms with van der Waals surface area (Å²) in [6, 6.07) is 9.77. The van der Waals surface area contributed by atoms with Gasteiger partial charge in [0.05, 0.1) is 37.8 Å². The van der Waals surface area contributed by atoms with E-state index in [0.29, 0.717) is 11.4 Å². The van der Waals surface area contributed by atoms with Gasteiger partial charge in [0, 0.05) is 17.2 Å². The minimum Gasteiger partial charge on any atom is -0.497 e. The average molecular weight is 436 g/mol. The third-order valence-electron chi connectivity index (χ3n) is 6.04. The molecule has 166 valence electrons. The molecule has 3 aromatic rings. The lowest BCUT2D eigenvalue weighted by Gasteiger charge is -2.20. The van der Waals surface area contributed by atoms with E-state index in [1.165, 1.54) is 10.7 Å². The van der Waals surface area contributed by atoms with Crippen LogP contribution in [0.5, 0.6) is 5.75 Å². The molecular weight excluding hydrogens is 412 g/mol. The third-order valence-corrected chi connectivity index (χ3v) is 6.04. The van der Waals surface area contributed by atoms with Gasteiger partial charge in [-0.25, -0.2) is 4.68 Å². The summed E-state index contributed by atoms with van der Waals surface area (Å²) in [4.78, 5) is 25.6. The quantitative estimate of drug-likeness (QED) is 0.653. The van der Waals surface area contributed by atoms with Gasteiger partial charge in [-0.2, -0.15) is 5.10 Å². The highest BCUT2D eigenvalue weighted by Gasteiger charge is 2.35. The Morgan fingerprint density at radius 3 is 2.94 bits per heavy atom. The van der Waals surface area contributed by atoms with Gasteiger partial charge in [0.25, 0.3) is 11.5 Å². The number of carbonyl (C=O) groups excluding carboxylic acids is 1. The van der Waals surface area contributed by atoms with E-state index in [4.69, 9.17) is 14.0 Å². The molecule has 2 aromatic heterocycles. The first-order valence-corrected chi connectivity index (χ1v) is 10.7. The predicted molar refractivity (Wildman–Crippen MR) is 115 cm³/mol. The largest absolute Gasteiger partial charge is 0.497 e. The Balaban J connectivity index is 1.40. The number of fused-ring (bicyclic) bond motifs is 1. The first kappa shape index (κ1) is 20.4. The topological polar surface area (TPSA) is 108 Å². The van der Waals surface area contributed by atoms with E-state index >= 15 is 0 Å². The molecule has 0 radical (unpaired) electrons. The van der Waals surface area contributed by atoms with Crippen molar-refractivity contribution in [3.8, 4) is 17.0 Å². The lowest BCUT2D eigenvalue weighted by atomic mass is 9.96. The zero-order chi connectivity index (χ0) is 22.1. The lowest BCUT2D eigenvalue weighted by molar-refractivity contribution is 0.0886. The van der Waals surface area contributed by atoms with Crippen molar-refractivity contribution in [1.82, 2.24) is 20.3 Å². The molecule has 9 heteroatoms. The molecule has 1 aliphatic heterocycles. The van der Waals surface area contributed by atoms with E-state index in [1.54, 1.807) is 13.2 Å². The maximum absolute atomic E-state index is 12.9. The SMILES string of the molecule is COc1cccc(-c2ccc(=O)n(C3COCC3NC(=O)c3onc4c3CCCC4)n2)c1. The van der Waals surface area contributed by atoms with Crippen LogP contribution in [0.1, 0.15) is 40.7 Å². The van der Waals surface area contributed by atoms with Gasteiger partial charge in [-0.3, -0.25) is 9.59 Å². The maximum Gasteiger partial charge on any atom is 0.290 e. The maximum atomic E-state index is 12.9. The number of aryl methyl sites for hydroxylation is 1. The van der Waals surface area contributed by atoms with Crippen molar-refractivity contribution < 1.29 is 18.8 Å². The first-order chi connectivity index (χ1) is 15.6. The van der Waals surface area contributed by atoms with Crippen LogP contribution in [0.15, 0.2) is 45.7 Å². The highest BCUT2D eigenvalue weighted by atomic mass is 16.5. The minimum atomic E-state index is -0.434. The molecule has 2 atom stereocenters. The molecule has 1 amide bonds. The molecule has 1 fully saturated rings. The Labute approximate surface area is 184 Å². The molecule has 1 saturated heterocycles. The fourth-order valence-corrected chi connectivity index (χ4v) is 4.32. The van der Waals surface area contributed by atoms with Crippen molar-refractivity contribution in [3.63, 3.8) is 0 Å². The first-order valence-electron chi connectivity index (χ1n) is 10.7. The van der Waals surface area contributed by atoms with E-state index in [1.807, 2.05) is 24.3 Å². The van der Waals surface area contributed by atoms with Gasteiger partial charge in [0.1, 0.15) is 11.8 Å². The van der Waals surface area contributed by atoms with Crippen molar-refractivity contribution in [2.24, 2.45) is 0 Å². The molecule has 9 nitrogen and oxygen atoms in total. The molecule has 2 aliphatic rings. The molecular formula is C23H24N4O5. The van der Waals surface area contributed by atoms with Gasteiger partial charge in [0.2, 0.25) is 5.76 Å². The Morgan fingerprint density at radius 2 is 2.06 bits per heavy atom. The van der Waals surface area contributed by atoms with Crippen LogP contribution in [-0.2, 0) is 17.6 Å². The molecule has 5 rings (SSSR count). The smallest absolute Gasteiger partial charge is 0.290 e. The van der Waals surface area contributed by atoms with Gasteiger partial charge >= 0.3 is 0 Å². The number of nitrogens with zero attached hydrogens (tertiary/aromatic N) is 3. The molecule has 0 spiro atoms. The van der Waals surface area contributed by atoms with Crippen molar-refractivity contribution in [1.29, 1.82) is 0 Å². The summed E-state index contributed by atoms with van der Waals surface area (Å²) in [6.07, 6.45) is 3.69. The number of nitrogens with one attached hydrogen (secondary N) is 1. The standard InChI is InChI=1S/C23H24N4O5/c1-30-15-6-4-5-14(11-15)17-9-10-21(28)27(25-17)20-13-31-12-19(20)24-23(29)22-16-7-2-3-8-18(16)26-32-22/h4-6,9-11,19-20H,2-3,7-8,12-13H2,1H3,(H,24,29). The summed E-state index contributed by atoms with van der Waals surface area (Å²) in [5, 5.41) is 11.6. The number of hydrogen-bond donors (Lipinski definition) is 1.